The average molecular weight is 665 g/mol. The first kappa shape index (κ1) is 31.7. The molecule has 0 saturated heterocycles. The molecule has 0 unspecified atom stereocenters. The van der Waals surface area contributed by atoms with E-state index < -0.39 is 0 Å². The molecule has 0 radical (unpaired) electrons. The minimum atomic E-state index is 1.02. The van der Waals surface area contributed by atoms with Gasteiger partial charge in [0.25, 0.3) is 0 Å². The summed E-state index contributed by atoms with van der Waals surface area (Å²) in [7, 11) is 0. The highest BCUT2D eigenvalue weighted by Gasteiger charge is 2.26. The molecule has 0 N–H and O–H groups in total. The molecule has 0 heteroatoms. The predicted molar refractivity (Wildman–Crippen MR) is 225 cm³/mol. The molecule has 0 aliphatic heterocycles. The summed E-state index contributed by atoms with van der Waals surface area (Å²) in [5, 5.41) is 5.15. The molecular weight excluding hydrogens is 625 g/mol. The first-order chi connectivity index (χ1) is 25.7. The fourth-order valence-corrected chi connectivity index (χ4v) is 8.50. The van der Waals surface area contributed by atoms with E-state index in [2.05, 4.69) is 196 Å². The third-order valence-electron chi connectivity index (χ3n) is 10.9. The van der Waals surface area contributed by atoms with Crippen molar-refractivity contribution in [1.29, 1.82) is 0 Å². The Morgan fingerprint density at radius 3 is 1.35 bits per heavy atom. The van der Waals surface area contributed by atoms with E-state index in [0.717, 1.165) is 12.8 Å². The highest BCUT2D eigenvalue weighted by Crippen LogP contribution is 2.50. The van der Waals surface area contributed by atoms with Crippen molar-refractivity contribution in [2.45, 2.75) is 26.7 Å². The molecule has 9 rings (SSSR count). The normalized spacial score (nSPS) is 12.5. The lowest BCUT2D eigenvalue weighted by Crippen LogP contribution is -2.06. The molecule has 8 aromatic rings. The fourth-order valence-electron chi connectivity index (χ4n) is 8.50. The van der Waals surface area contributed by atoms with Crippen molar-refractivity contribution in [3.63, 3.8) is 0 Å². The van der Waals surface area contributed by atoms with Gasteiger partial charge in [-0.3, -0.25) is 0 Å². The second-order valence-corrected chi connectivity index (χ2v) is 13.8. The van der Waals surface area contributed by atoms with E-state index in [1.54, 1.807) is 0 Å². The van der Waals surface area contributed by atoms with Crippen molar-refractivity contribution in [3.8, 4) is 55.6 Å². The minimum absolute atomic E-state index is 1.02. The molecule has 0 spiro atoms. The van der Waals surface area contributed by atoms with Crippen molar-refractivity contribution in [2.24, 2.45) is 0 Å². The first-order valence-corrected chi connectivity index (χ1v) is 18.5. The fraction of sp³-hybridized carbons (Fsp3) is 0.0769. The van der Waals surface area contributed by atoms with Crippen LogP contribution in [0.25, 0.3) is 89.3 Å². The van der Waals surface area contributed by atoms with Crippen LogP contribution in [0, 0.1) is 6.92 Å². The van der Waals surface area contributed by atoms with Crippen molar-refractivity contribution in [2.75, 3.05) is 0 Å². The summed E-state index contributed by atoms with van der Waals surface area (Å²) in [6.07, 6.45) is 11.4. The van der Waals surface area contributed by atoms with Gasteiger partial charge >= 0.3 is 0 Å². The second-order valence-electron chi connectivity index (χ2n) is 13.8. The molecule has 0 saturated carbocycles. The van der Waals surface area contributed by atoms with Crippen LogP contribution in [-0.4, -0.2) is 0 Å². The molecule has 0 aromatic heterocycles. The monoisotopic (exact) mass is 664 g/mol. The van der Waals surface area contributed by atoms with Gasteiger partial charge in [-0.25, -0.2) is 0 Å². The summed E-state index contributed by atoms with van der Waals surface area (Å²) in [5.74, 6) is 0. The maximum absolute atomic E-state index is 2.40. The average Bonchev–Trinajstić information content (AvgIpc) is 3.21. The molecule has 0 heterocycles. The highest BCUT2D eigenvalue weighted by atomic mass is 14.3. The third kappa shape index (κ3) is 5.40. The Morgan fingerprint density at radius 1 is 0.423 bits per heavy atom. The van der Waals surface area contributed by atoms with E-state index in [9.17, 15) is 0 Å². The van der Waals surface area contributed by atoms with E-state index in [1.807, 2.05) is 0 Å². The smallest absolute Gasteiger partial charge is 0.00174 e. The summed E-state index contributed by atoms with van der Waals surface area (Å²) < 4.78 is 0. The van der Waals surface area contributed by atoms with Gasteiger partial charge in [-0.05, 0) is 126 Å². The van der Waals surface area contributed by atoms with Gasteiger partial charge < -0.3 is 0 Å². The SMILES string of the molecule is CC=Cc1c(C)c(-c2c3ccccc3c(-c3ccc(-c4ccccc4)cc3)c3ccccc23)c2c(c1-c1ccc(-c3ccccc3)cc1)CCC=C2. The first-order valence-electron chi connectivity index (χ1n) is 18.5. The van der Waals surface area contributed by atoms with Crippen LogP contribution in [0.15, 0.2) is 170 Å². The lowest BCUT2D eigenvalue weighted by molar-refractivity contribution is 0.986. The molecule has 52 heavy (non-hydrogen) atoms. The van der Waals surface area contributed by atoms with Crippen LogP contribution in [0.1, 0.15) is 35.6 Å². The minimum Gasteiger partial charge on any atom is -0.0870 e. The Hall–Kier alpha value is -6.24. The zero-order valence-electron chi connectivity index (χ0n) is 29.7. The van der Waals surface area contributed by atoms with E-state index in [4.69, 9.17) is 0 Å². The van der Waals surface area contributed by atoms with Gasteiger partial charge in [0.1, 0.15) is 0 Å². The number of allylic oxidation sites excluding steroid dienone is 2. The number of fused-ring (bicyclic) bond motifs is 3. The number of rotatable bonds is 6. The molecular formula is C52H40. The molecule has 0 fully saturated rings. The molecule has 1 aliphatic rings. The van der Waals surface area contributed by atoms with E-state index in [1.165, 1.54) is 99.4 Å². The molecule has 0 nitrogen and oxygen atoms in total. The van der Waals surface area contributed by atoms with Gasteiger partial charge in [-0.1, -0.05) is 182 Å². The lowest BCUT2D eigenvalue weighted by Gasteiger charge is -2.27. The van der Waals surface area contributed by atoms with Crippen LogP contribution in [0.3, 0.4) is 0 Å². The van der Waals surface area contributed by atoms with Crippen molar-refractivity contribution < 1.29 is 0 Å². The molecule has 248 valence electrons. The van der Waals surface area contributed by atoms with Crippen LogP contribution < -0.4 is 0 Å². The van der Waals surface area contributed by atoms with Crippen molar-refractivity contribution in [1.82, 2.24) is 0 Å². The van der Waals surface area contributed by atoms with Gasteiger partial charge in [0.05, 0.1) is 0 Å². The summed E-state index contributed by atoms with van der Waals surface area (Å²) in [6, 6.07) is 57.8. The van der Waals surface area contributed by atoms with Gasteiger partial charge in [-0.15, -0.1) is 0 Å². The van der Waals surface area contributed by atoms with Crippen LogP contribution in [-0.2, 0) is 6.42 Å². The number of hydrogen-bond donors (Lipinski definition) is 0. The van der Waals surface area contributed by atoms with Crippen LogP contribution in [0.5, 0.6) is 0 Å². The van der Waals surface area contributed by atoms with Gasteiger partial charge in [0.2, 0.25) is 0 Å². The highest BCUT2D eigenvalue weighted by molar-refractivity contribution is 6.22. The van der Waals surface area contributed by atoms with Crippen LogP contribution in [0.4, 0.5) is 0 Å². The maximum Gasteiger partial charge on any atom is -0.00174 e. The third-order valence-corrected chi connectivity index (χ3v) is 10.9. The Kier molecular flexibility index (Phi) is 8.22. The topological polar surface area (TPSA) is 0 Å². The Labute approximate surface area is 307 Å². The zero-order chi connectivity index (χ0) is 35.0. The van der Waals surface area contributed by atoms with Crippen molar-refractivity contribution >= 4 is 33.7 Å². The van der Waals surface area contributed by atoms with Gasteiger partial charge in [0.15, 0.2) is 0 Å². The van der Waals surface area contributed by atoms with Gasteiger partial charge in [-0.2, -0.15) is 0 Å². The lowest BCUT2D eigenvalue weighted by atomic mass is 9.76. The molecule has 0 amide bonds. The van der Waals surface area contributed by atoms with E-state index >= 15 is 0 Å². The number of benzene rings is 8. The Balaban J connectivity index is 1.30. The predicted octanol–water partition coefficient (Wildman–Crippen LogP) is 14.6. The molecule has 8 aromatic carbocycles. The van der Waals surface area contributed by atoms with Crippen molar-refractivity contribution in [3.05, 3.63) is 192 Å². The zero-order valence-corrected chi connectivity index (χ0v) is 29.7. The van der Waals surface area contributed by atoms with Gasteiger partial charge in [0, 0.05) is 0 Å². The standard InChI is InChI=1S/C52H40/c1-3-16-42-35(2)49(43-21-10-11-22-44(43)50(42)40-31-27-38(28-32-40)36-17-6-4-7-18-36)52-47-25-14-12-23-45(47)51(46-24-13-15-26-48(46)52)41-33-29-39(30-34-41)37-19-8-5-9-20-37/h3-10,12-21,23-34H,11,22H2,1-2H3. The summed E-state index contributed by atoms with van der Waals surface area (Å²) in [5.41, 5.74) is 18.2. The quantitative estimate of drug-likeness (QED) is 0.155. The summed E-state index contributed by atoms with van der Waals surface area (Å²) in [4.78, 5) is 0. The summed E-state index contributed by atoms with van der Waals surface area (Å²) >= 11 is 0. The molecule has 0 bridgehead atoms. The van der Waals surface area contributed by atoms with E-state index in [0.29, 0.717) is 0 Å². The number of hydrogen-bond acceptors (Lipinski definition) is 0. The Bertz CT molecular complexity index is 2580. The van der Waals surface area contributed by atoms with E-state index in [-0.39, 0.29) is 0 Å². The largest absolute Gasteiger partial charge is 0.0870 e. The summed E-state index contributed by atoms with van der Waals surface area (Å²) in [6.45, 7) is 4.48. The maximum atomic E-state index is 2.40. The van der Waals surface area contributed by atoms with Crippen LogP contribution in [0.2, 0.25) is 0 Å². The van der Waals surface area contributed by atoms with Crippen LogP contribution >= 0.6 is 0 Å². The molecule has 1 aliphatic carbocycles. The Morgan fingerprint density at radius 2 is 0.846 bits per heavy atom. The second kappa shape index (κ2) is 13.5. The molecule has 0 atom stereocenters.